The number of aryl methyl sites for hydroxylation is 1. The number of fused-ring (bicyclic) bond motifs is 1. The predicted molar refractivity (Wildman–Crippen MR) is 92.3 cm³/mol. The largest absolute Gasteiger partial charge is 0.497 e. The fourth-order valence-corrected chi connectivity index (χ4v) is 3.22. The van der Waals surface area contributed by atoms with Gasteiger partial charge in [0, 0.05) is 22.9 Å². The van der Waals surface area contributed by atoms with Crippen LogP contribution < -0.4 is 9.64 Å². The number of ether oxygens (including phenoxy) is 1. The van der Waals surface area contributed by atoms with Crippen LogP contribution in [0.4, 0.5) is 19.3 Å². The average Bonchev–Trinajstić information content (AvgIpc) is 3.11. The van der Waals surface area contributed by atoms with E-state index in [1.54, 1.807) is 43.2 Å². The number of hydrogen-bond donors (Lipinski definition) is 0. The van der Waals surface area contributed by atoms with E-state index in [1.807, 2.05) is 0 Å². The SMILES string of the molecule is COc1ccc(N2Cc3c(-c4ccc(F)cc4F)c(C)nn3C2=O)cc1. The van der Waals surface area contributed by atoms with Gasteiger partial charge in [0.05, 0.1) is 25.0 Å². The smallest absolute Gasteiger partial charge is 0.349 e. The van der Waals surface area contributed by atoms with Crippen LogP contribution in [0.1, 0.15) is 11.4 Å². The number of carbonyl (C=O) groups excluding carboxylic acids is 1. The van der Waals surface area contributed by atoms with Crippen molar-refractivity contribution in [1.29, 1.82) is 0 Å². The van der Waals surface area contributed by atoms with Crippen LogP contribution in [-0.2, 0) is 6.54 Å². The maximum absolute atomic E-state index is 14.3. The average molecular weight is 355 g/mol. The van der Waals surface area contributed by atoms with Gasteiger partial charge in [0.15, 0.2) is 0 Å². The fourth-order valence-electron chi connectivity index (χ4n) is 3.22. The lowest BCUT2D eigenvalue weighted by atomic mass is 10.0. The van der Waals surface area contributed by atoms with Crippen molar-refractivity contribution in [2.45, 2.75) is 13.5 Å². The molecule has 0 unspecified atom stereocenters. The van der Waals surface area contributed by atoms with Crippen LogP contribution in [0.3, 0.4) is 0 Å². The van der Waals surface area contributed by atoms with Crippen molar-refractivity contribution in [2.75, 3.05) is 12.0 Å². The standard InChI is InChI=1S/C19H15F2N3O2/c1-11-18(15-8-3-12(20)9-16(15)21)17-10-23(19(25)24(17)22-11)13-4-6-14(26-2)7-5-13/h3-9H,10H2,1-2H3. The van der Waals surface area contributed by atoms with Crippen molar-refractivity contribution < 1.29 is 18.3 Å². The Kier molecular flexibility index (Phi) is 3.72. The van der Waals surface area contributed by atoms with Crippen LogP contribution >= 0.6 is 0 Å². The maximum atomic E-state index is 14.3. The van der Waals surface area contributed by atoms with Crippen LogP contribution in [0.15, 0.2) is 42.5 Å². The molecule has 1 aromatic heterocycles. The van der Waals surface area contributed by atoms with Gasteiger partial charge >= 0.3 is 6.03 Å². The molecule has 1 aliphatic rings. The Labute approximate surface area is 148 Å². The van der Waals surface area contributed by atoms with Crippen LogP contribution in [-0.4, -0.2) is 22.9 Å². The maximum Gasteiger partial charge on any atom is 0.349 e. The van der Waals surface area contributed by atoms with E-state index in [9.17, 15) is 13.6 Å². The third kappa shape index (κ3) is 2.44. The van der Waals surface area contributed by atoms with E-state index >= 15 is 0 Å². The van der Waals surface area contributed by atoms with Gasteiger partial charge in [-0.1, -0.05) is 0 Å². The second-order valence-electron chi connectivity index (χ2n) is 6.01. The summed E-state index contributed by atoms with van der Waals surface area (Å²) in [5.74, 6) is -0.647. The van der Waals surface area contributed by atoms with E-state index in [1.165, 1.54) is 16.8 Å². The van der Waals surface area contributed by atoms with Crippen molar-refractivity contribution in [3.8, 4) is 16.9 Å². The number of anilines is 1. The number of rotatable bonds is 3. The molecule has 0 radical (unpaired) electrons. The zero-order valence-electron chi connectivity index (χ0n) is 14.2. The second kappa shape index (κ2) is 5.94. The Bertz CT molecular complexity index is 1010. The molecule has 0 spiro atoms. The summed E-state index contributed by atoms with van der Waals surface area (Å²) in [6.07, 6.45) is 0. The molecule has 5 nitrogen and oxygen atoms in total. The first kappa shape index (κ1) is 16.3. The Morgan fingerprint density at radius 2 is 1.85 bits per heavy atom. The Hall–Kier alpha value is -3.22. The summed E-state index contributed by atoms with van der Waals surface area (Å²) in [5, 5.41) is 4.26. The normalized spacial score (nSPS) is 13.2. The highest BCUT2D eigenvalue weighted by atomic mass is 19.1. The van der Waals surface area contributed by atoms with Crippen molar-refractivity contribution in [1.82, 2.24) is 9.78 Å². The minimum atomic E-state index is -0.681. The van der Waals surface area contributed by atoms with Gasteiger partial charge in [-0.25, -0.2) is 13.6 Å². The van der Waals surface area contributed by atoms with Gasteiger partial charge in [-0.05, 0) is 43.3 Å². The number of nitrogens with zero attached hydrogens (tertiary/aromatic N) is 3. The lowest BCUT2D eigenvalue weighted by Gasteiger charge is -2.15. The molecule has 0 saturated heterocycles. The molecule has 0 fully saturated rings. The van der Waals surface area contributed by atoms with Gasteiger partial charge in [-0.2, -0.15) is 9.78 Å². The number of hydrogen-bond acceptors (Lipinski definition) is 3. The summed E-state index contributed by atoms with van der Waals surface area (Å²) >= 11 is 0. The summed E-state index contributed by atoms with van der Waals surface area (Å²) in [7, 11) is 1.57. The summed E-state index contributed by atoms with van der Waals surface area (Å²) in [5.41, 5.74) is 2.54. The molecule has 3 aromatic rings. The monoisotopic (exact) mass is 355 g/mol. The van der Waals surface area contributed by atoms with Gasteiger partial charge in [0.25, 0.3) is 0 Å². The molecule has 132 valence electrons. The van der Waals surface area contributed by atoms with Crippen LogP contribution in [0.2, 0.25) is 0 Å². The zero-order chi connectivity index (χ0) is 18.4. The fraction of sp³-hybridized carbons (Fsp3) is 0.158. The molecule has 0 saturated carbocycles. The summed E-state index contributed by atoms with van der Waals surface area (Å²) in [4.78, 5) is 14.3. The molecule has 7 heteroatoms. The molecule has 1 amide bonds. The van der Waals surface area contributed by atoms with Gasteiger partial charge in [0.2, 0.25) is 0 Å². The van der Waals surface area contributed by atoms with E-state index in [-0.39, 0.29) is 18.1 Å². The number of amides is 1. The minimum absolute atomic E-state index is 0.231. The molecule has 2 aromatic carbocycles. The predicted octanol–water partition coefficient (Wildman–Crippen LogP) is 4.13. The van der Waals surface area contributed by atoms with E-state index < -0.39 is 11.6 Å². The highest BCUT2D eigenvalue weighted by molar-refractivity contribution is 5.97. The molecule has 1 aliphatic heterocycles. The zero-order valence-corrected chi connectivity index (χ0v) is 14.2. The minimum Gasteiger partial charge on any atom is -0.497 e. The van der Waals surface area contributed by atoms with Gasteiger partial charge < -0.3 is 4.74 Å². The lowest BCUT2D eigenvalue weighted by molar-refractivity contribution is 0.248. The first-order valence-electron chi connectivity index (χ1n) is 7.99. The van der Waals surface area contributed by atoms with Crippen molar-refractivity contribution in [2.24, 2.45) is 0 Å². The molecule has 2 heterocycles. The number of aromatic nitrogens is 2. The first-order valence-corrected chi connectivity index (χ1v) is 7.99. The van der Waals surface area contributed by atoms with E-state index in [0.717, 1.165) is 6.07 Å². The number of methoxy groups -OCH3 is 1. The molecule has 26 heavy (non-hydrogen) atoms. The molecule has 0 atom stereocenters. The van der Waals surface area contributed by atoms with Gasteiger partial charge in [-0.3, -0.25) is 4.90 Å². The van der Waals surface area contributed by atoms with Crippen LogP contribution in [0.5, 0.6) is 5.75 Å². The molecular formula is C19H15F2N3O2. The number of halogens is 2. The summed E-state index contributed by atoms with van der Waals surface area (Å²) < 4.78 is 33.9. The van der Waals surface area contributed by atoms with Gasteiger partial charge in [-0.15, -0.1) is 0 Å². The Balaban J connectivity index is 1.76. The lowest BCUT2D eigenvalue weighted by Crippen LogP contribution is -2.26. The van der Waals surface area contributed by atoms with Crippen LogP contribution in [0, 0.1) is 18.6 Å². The van der Waals surface area contributed by atoms with Crippen molar-refractivity contribution in [3.63, 3.8) is 0 Å². The third-order valence-corrected chi connectivity index (χ3v) is 4.46. The van der Waals surface area contributed by atoms with Crippen LogP contribution in [0.25, 0.3) is 11.1 Å². The molecule has 0 bridgehead atoms. The highest BCUT2D eigenvalue weighted by Crippen LogP contribution is 2.35. The number of benzene rings is 2. The molecular weight excluding hydrogens is 340 g/mol. The quantitative estimate of drug-likeness (QED) is 0.710. The Morgan fingerprint density at radius 1 is 1.12 bits per heavy atom. The Morgan fingerprint density at radius 3 is 2.50 bits per heavy atom. The van der Waals surface area contributed by atoms with Gasteiger partial charge in [0.1, 0.15) is 17.4 Å². The third-order valence-electron chi connectivity index (χ3n) is 4.46. The number of carbonyl (C=O) groups is 1. The molecule has 4 rings (SSSR count). The second-order valence-corrected chi connectivity index (χ2v) is 6.01. The summed E-state index contributed by atoms with van der Waals surface area (Å²) in [6.45, 7) is 1.95. The van der Waals surface area contributed by atoms with Crippen molar-refractivity contribution in [3.05, 3.63) is 65.5 Å². The molecule has 0 N–H and O–H groups in total. The first-order chi connectivity index (χ1) is 12.5. The van der Waals surface area contributed by atoms with E-state index in [2.05, 4.69) is 5.10 Å². The van der Waals surface area contributed by atoms with Crippen molar-refractivity contribution >= 4 is 11.7 Å². The molecule has 0 aliphatic carbocycles. The van der Waals surface area contributed by atoms with E-state index in [0.29, 0.717) is 28.4 Å². The topological polar surface area (TPSA) is 47.4 Å². The summed E-state index contributed by atoms with van der Waals surface area (Å²) in [6, 6.07) is 10.1. The highest BCUT2D eigenvalue weighted by Gasteiger charge is 2.34. The van der Waals surface area contributed by atoms with E-state index in [4.69, 9.17) is 4.74 Å².